The van der Waals surface area contributed by atoms with Crippen molar-refractivity contribution < 1.29 is 8.81 Å². The van der Waals surface area contributed by atoms with Crippen LogP contribution >= 0.6 is 11.6 Å². The Balaban J connectivity index is 2.11. The number of aromatic nitrogens is 1. The molecule has 1 aromatic carbocycles. The Morgan fingerprint density at radius 3 is 2.62 bits per heavy atom. The molecule has 0 spiro atoms. The molecule has 16 heavy (non-hydrogen) atoms. The Morgan fingerprint density at radius 1 is 1.25 bits per heavy atom. The molecule has 82 valence electrons. The van der Waals surface area contributed by atoms with Crippen LogP contribution < -0.4 is 0 Å². The van der Waals surface area contributed by atoms with Crippen LogP contribution in [-0.2, 0) is 5.88 Å². The number of halogens is 2. The van der Waals surface area contributed by atoms with Gasteiger partial charge in [0.15, 0.2) is 0 Å². The van der Waals surface area contributed by atoms with E-state index in [1.54, 1.807) is 24.3 Å². The van der Waals surface area contributed by atoms with E-state index in [0.29, 0.717) is 17.5 Å². The summed E-state index contributed by atoms with van der Waals surface area (Å²) < 4.78 is 17.8. The zero-order valence-corrected chi connectivity index (χ0v) is 9.12. The largest absolute Gasteiger partial charge is 0.445 e. The monoisotopic (exact) mass is 237 g/mol. The molecule has 0 N–H and O–H groups in total. The fraction of sp³-hybridized carbons (Fsp3) is 0.0833. The predicted molar refractivity (Wildman–Crippen MR) is 61.4 cm³/mol. The summed E-state index contributed by atoms with van der Waals surface area (Å²) in [4.78, 5) is 4.10. The fourth-order valence-corrected chi connectivity index (χ4v) is 1.32. The molecule has 1 heterocycles. The highest BCUT2D eigenvalue weighted by molar-refractivity contribution is 6.16. The highest BCUT2D eigenvalue weighted by atomic mass is 35.5. The van der Waals surface area contributed by atoms with Gasteiger partial charge in [0.1, 0.15) is 12.1 Å². The molecular weight excluding hydrogens is 229 g/mol. The lowest BCUT2D eigenvalue weighted by molar-refractivity contribution is 0.546. The number of alkyl halides is 1. The third-order valence-electron chi connectivity index (χ3n) is 1.99. The zero-order chi connectivity index (χ0) is 11.4. The van der Waals surface area contributed by atoms with Crippen LogP contribution in [0.1, 0.15) is 17.1 Å². The molecule has 0 saturated heterocycles. The molecule has 0 aliphatic rings. The Bertz CT molecular complexity index is 490. The quantitative estimate of drug-likeness (QED) is 0.761. The third-order valence-corrected chi connectivity index (χ3v) is 2.27. The van der Waals surface area contributed by atoms with Crippen LogP contribution in [0.4, 0.5) is 4.39 Å². The van der Waals surface area contributed by atoms with E-state index in [4.69, 9.17) is 16.0 Å². The molecule has 0 aliphatic heterocycles. The van der Waals surface area contributed by atoms with E-state index in [1.807, 2.05) is 0 Å². The predicted octanol–water partition coefficient (Wildman–Crippen LogP) is 3.72. The van der Waals surface area contributed by atoms with Gasteiger partial charge in [-0.1, -0.05) is 12.1 Å². The van der Waals surface area contributed by atoms with Gasteiger partial charge in [-0.05, 0) is 23.8 Å². The Hall–Kier alpha value is -1.61. The van der Waals surface area contributed by atoms with Crippen LogP contribution in [0.5, 0.6) is 0 Å². The summed E-state index contributed by atoms with van der Waals surface area (Å²) in [7, 11) is 0. The summed E-state index contributed by atoms with van der Waals surface area (Å²) in [5, 5.41) is 0. The average molecular weight is 238 g/mol. The van der Waals surface area contributed by atoms with Crippen molar-refractivity contribution in [3.63, 3.8) is 0 Å². The Morgan fingerprint density at radius 2 is 2.00 bits per heavy atom. The van der Waals surface area contributed by atoms with Gasteiger partial charge in [0.05, 0.1) is 11.6 Å². The van der Waals surface area contributed by atoms with Gasteiger partial charge in [-0.25, -0.2) is 9.37 Å². The minimum Gasteiger partial charge on any atom is -0.445 e. The molecule has 2 nitrogen and oxygen atoms in total. The zero-order valence-electron chi connectivity index (χ0n) is 8.36. The van der Waals surface area contributed by atoms with Crippen LogP contribution in [0.3, 0.4) is 0 Å². The summed E-state index contributed by atoms with van der Waals surface area (Å²) >= 11 is 5.59. The van der Waals surface area contributed by atoms with Crippen LogP contribution in [0, 0.1) is 5.82 Å². The van der Waals surface area contributed by atoms with E-state index in [9.17, 15) is 4.39 Å². The van der Waals surface area contributed by atoms with Gasteiger partial charge in [-0.2, -0.15) is 0 Å². The number of nitrogens with zero attached hydrogens (tertiary/aromatic N) is 1. The van der Waals surface area contributed by atoms with Crippen molar-refractivity contribution in [2.45, 2.75) is 5.88 Å². The lowest BCUT2D eigenvalue weighted by Gasteiger charge is -1.91. The fourth-order valence-electron chi connectivity index (χ4n) is 1.20. The lowest BCUT2D eigenvalue weighted by Crippen LogP contribution is -1.77. The van der Waals surface area contributed by atoms with Crippen LogP contribution in [-0.4, -0.2) is 4.98 Å². The maximum Gasteiger partial charge on any atom is 0.218 e. The number of hydrogen-bond donors (Lipinski definition) is 0. The molecule has 0 atom stereocenters. The van der Waals surface area contributed by atoms with Crippen LogP contribution in [0.25, 0.3) is 12.2 Å². The molecule has 0 aliphatic carbocycles. The van der Waals surface area contributed by atoms with Crippen LogP contribution in [0.2, 0.25) is 0 Å². The van der Waals surface area contributed by atoms with Crippen molar-refractivity contribution in [2.75, 3.05) is 0 Å². The first-order valence-corrected chi connectivity index (χ1v) is 5.25. The van der Waals surface area contributed by atoms with Gasteiger partial charge in [-0.3, -0.25) is 0 Å². The molecule has 0 unspecified atom stereocenters. The van der Waals surface area contributed by atoms with E-state index in [1.165, 1.54) is 18.4 Å². The molecule has 2 rings (SSSR count). The Labute approximate surface area is 97.4 Å². The van der Waals surface area contributed by atoms with Gasteiger partial charge in [0.2, 0.25) is 5.89 Å². The van der Waals surface area contributed by atoms with Crippen molar-refractivity contribution in [3.8, 4) is 0 Å². The third kappa shape index (κ3) is 2.70. The Kier molecular flexibility index (Phi) is 3.37. The molecule has 2 aromatic rings. The minimum atomic E-state index is -0.252. The van der Waals surface area contributed by atoms with Gasteiger partial charge in [0.25, 0.3) is 0 Å². The highest BCUT2D eigenvalue weighted by Crippen LogP contribution is 2.10. The summed E-state index contributed by atoms with van der Waals surface area (Å²) in [6.07, 6.45) is 5.02. The second-order valence-electron chi connectivity index (χ2n) is 3.20. The molecule has 4 heteroatoms. The number of rotatable bonds is 3. The summed E-state index contributed by atoms with van der Waals surface area (Å²) in [5.41, 5.74) is 1.58. The van der Waals surface area contributed by atoms with E-state index in [2.05, 4.69) is 4.98 Å². The first-order valence-electron chi connectivity index (χ1n) is 4.72. The van der Waals surface area contributed by atoms with Crippen molar-refractivity contribution in [1.82, 2.24) is 4.98 Å². The average Bonchev–Trinajstić information content (AvgIpc) is 2.76. The number of benzene rings is 1. The molecule has 0 saturated carbocycles. The first kappa shape index (κ1) is 10.9. The lowest BCUT2D eigenvalue weighted by atomic mass is 10.2. The highest BCUT2D eigenvalue weighted by Gasteiger charge is 1.98. The van der Waals surface area contributed by atoms with Gasteiger partial charge in [-0.15, -0.1) is 11.6 Å². The minimum absolute atomic E-state index is 0.252. The van der Waals surface area contributed by atoms with E-state index < -0.39 is 0 Å². The van der Waals surface area contributed by atoms with Crippen LogP contribution in [0.15, 0.2) is 34.9 Å². The summed E-state index contributed by atoms with van der Waals surface area (Å²) in [5.74, 6) is 0.561. The number of oxazole rings is 1. The van der Waals surface area contributed by atoms with Gasteiger partial charge in [0, 0.05) is 6.08 Å². The topological polar surface area (TPSA) is 26.0 Å². The normalized spacial score (nSPS) is 11.1. The van der Waals surface area contributed by atoms with E-state index in [0.717, 1.165) is 5.56 Å². The molecule has 0 bridgehead atoms. The maximum absolute atomic E-state index is 12.6. The van der Waals surface area contributed by atoms with E-state index in [-0.39, 0.29) is 5.82 Å². The molecule has 1 aromatic heterocycles. The van der Waals surface area contributed by atoms with Crippen molar-refractivity contribution in [3.05, 3.63) is 53.5 Å². The van der Waals surface area contributed by atoms with Crippen molar-refractivity contribution in [1.29, 1.82) is 0 Å². The summed E-state index contributed by atoms with van der Waals surface area (Å²) in [6.45, 7) is 0. The first-order chi connectivity index (χ1) is 7.78. The van der Waals surface area contributed by atoms with Crippen molar-refractivity contribution in [2.24, 2.45) is 0 Å². The SMILES string of the molecule is Fc1ccc(C=Cc2nc(CCl)co2)cc1. The summed E-state index contributed by atoms with van der Waals surface area (Å²) in [6, 6.07) is 6.16. The van der Waals surface area contributed by atoms with Crippen molar-refractivity contribution >= 4 is 23.8 Å². The smallest absolute Gasteiger partial charge is 0.218 e. The maximum atomic E-state index is 12.6. The van der Waals surface area contributed by atoms with E-state index >= 15 is 0 Å². The standard InChI is InChI=1S/C12H9ClFNO/c13-7-11-8-16-12(15-11)6-3-9-1-4-10(14)5-2-9/h1-6,8H,7H2. The molecule has 0 amide bonds. The molecule has 0 fully saturated rings. The number of hydrogen-bond acceptors (Lipinski definition) is 2. The molecular formula is C12H9ClFNO. The molecule has 0 radical (unpaired) electrons. The van der Waals surface area contributed by atoms with Gasteiger partial charge < -0.3 is 4.42 Å². The second-order valence-corrected chi connectivity index (χ2v) is 3.46. The van der Waals surface area contributed by atoms with Gasteiger partial charge >= 0.3 is 0 Å². The second kappa shape index (κ2) is 4.94.